The largest absolute Gasteiger partial charge is 0.295 e. The molecule has 0 spiro atoms. The molecule has 0 N–H and O–H groups in total. The van der Waals surface area contributed by atoms with Gasteiger partial charge in [-0.15, -0.1) is 0 Å². The van der Waals surface area contributed by atoms with Crippen LogP contribution >= 0.6 is 0 Å². The first-order valence-electron chi connectivity index (χ1n) is 8.58. The van der Waals surface area contributed by atoms with Crippen molar-refractivity contribution in [2.24, 2.45) is 11.3 Å². The van der Waals surface area contributed by atoms with Crippen LogP contribution in [0.25, 0.3) is 0 Å². The van der Waals surface area contributed by atoms with Crippen LogP contribution in [-0.4, -0.2) is 31.6 Å². The van der Waals surface area contributed by atoms with Gasteiger partial charge in [-0.25, -0.2) is 8.42 Å². The topological polar surface area (TPSA) is 54.5 Å². The third-order valence-corrected chi connectivity index (χ3v) is 7.40. The van der Waals surface area contributed by atoms with Gasteiger partial charge < -0.3 is 0 Å². The quantitative estimate of drug-likeness (QED) is 0.776. The third kappa shape index (κ3) is 3.23. The van der Waals surface area contributed by atoms with Crippen LogP contribution < -0.4 is 0 Å². The predicted octanol–water partition coefficient (Wildman–Crippen LogP) is 3.49. The maximum absolute atomic E-state index is 13.1. The van der Waals surface area contributed by atoms with Crippen LogP contribution in [0.3, 0.4) is 0 Å². The van der Waals surface area contributed by atoms with Gasteiger partial charge in [0.15, 0.2) is 5.78 Å². The van der Waals surface area contributed by atoms with Crippen molar-refractivity contribution in [3.05, 3.63) is 53.6 Å². The van der Waals surface area contributed by atoms with E-state index < -0.39 is 10.0 Å². The van der Waals surface area contributed by atoms with Crippen molar-refractivity contribution in [2.75, 3.05) is 13.1 Å². The number of nitrogens with zero attached hydrogens (tertiary/aromatic N) is 1. The lowest BCUT2D eigenvalue weighted by atomic mass is 9.73. The maximum Gasteiger partial charge on any atom is 0.243 e. The molecule has 4 nitrogen and oxygen atoms in total. The molecule has 1 aliphatic heterocycles. The van der Waals surface area contributed by atoms with Gasteiger partial charge >= 0.3 is 0 Å². The van der Waals surface area contributed by atoms with Crippen LogP contribution in [0.5, 0.6) is 0 Å². The molecule has 25 heavy (non-hydrogen) atoms. The number of ketones is 1. The van der Waals surface area contributed by atoms with Gasteiger partial charge in [-0.2, -0.15) is 4.31 Å². The van der Waals surface area contributed by atoms with Crippen molar-refractivity contribution in [1.29, 1.82) is 0 Å². The summed E-state index contributed by atoms with van der Waals surface area (Å²) < 4.78 is 27.7. The van der Waals surface area contributed by atoms with E-state index in [1.807, 2.05) is 25.1 Å². The van der Waals surface area contributed by atoms with Crippen LogP contribution in [0.4, 0.5) is 0 Å². The average molecular weight is 359 g/mol. The van der Waals surface area contributed by atoms with Crippen molar-refractivity contribution in [2.45, 2.75) is 38.5 Å². The molecule has 5 heteroatoms. The third-order valence-electron chi connectivity index (χ3n) is 5.57. The summed E-state index contributed by atoms with van der Waals surface area (Å²) in [5.41, 5.74) is 2.55. The minimum absolute atomic E-state index is 0.0644. The van der Waals surface area contributed by atoms with E-state index in [0.717, 1.165) is 16.7 Å². The maximum atomic E-state index is 13.1. The second kappa shape index (κ2) is 6.22. The summed E-state index contributed by atoms with van der Waals surface area (Å²) in [5, 5.41) is 0. The van der Waals surface area contributed by atoms with E-state index in [-0.39, 0.29) is 17.1 Å². The molecule has 1 fully saturated rings. The summed E-state index contributed by atoms with van der Waals surface area (Å²) in [6.45, 7) is 10.6. The number of allylic oxidation sites excluding steroid dienone is 2. The van der Waals surface area contributed by atoms with E-state index in [1.54, 1.807) is 23.4 Å². The first-order valence-corrected chi connectivity index (χ1v) is 10.0. The van der Waals surface area contributed by atoms with E-state index in [2.05, 4.69) is 13.5 Å². The van der Waals surface area contributed by atoms with E-state index in [4.69, 9.17) is 0 Å². The first kappa shape index (κ1) is 18.1. The molecule has 3 rings (SSSR count). The summed E-state index contributed by atoms with van der Waals surface area (Å²) in [7, 11) is -3.54. The molecule has 1 aromatic rings. The van der Waals surface area contributed by atoms with E-state index in [9.17, 15) is 13.2 Å². The van der Waals surface area contributed by atoms with Crippen LogP contribution in [0.1, 0.15) is 32.3 Å². The summed E-state index contributed by atoms with van der Waals surface area (Å²) in [6.07, 6.45) is 3.21. The Morgan fingerprint density at radius 1 is 1.28 bits per heavy atom. The summed E-state index contributed by atoms with van der Waals surface area (Å²) in [6, 6.07) is 6.96. The fraction of sp³-hybridized carbons (Fsp3) is 0.450. The molecule has 0 saturated carbocycles. The molecule has 134 valence electrons. The molecule has 0 bridgehead atoms. The zero-order chi connectivity index (χ0) is 18.4. The number of hydrogen-bond acceptors (Lipinski definition) is 3. The minimum Gasteiger partial charge on any atom is -0.295 e. The van der Waals surface area contributed by atoms with Crippen molar-refractivity contribution in [1.82, 2.24) is 4.31 Å². The van der Waals surface area contributed by atoms with Gasteiger partial charge in [0, 0.05) is 19.0 Å². The lowest BCUT2D eigenvalue weighted by Crippen LogP contribution is -2.31. The fourth-order valence-corrected chi connectivity index (χ4v) is 5.61. The Balaban J connectivity index is 1.93. The van der Waals surface area contributed by atoms with Gasteiger partial charge in [0.1, 0.15) is 0 Å². The zero-order valence-electron chi connectivity index (χ0n) is 15.1. The predicted molar refractivity (Wildman–Crippen MR) is 98.7 cm³/mol. The van der Waals surface area contributed by atoms with E-state index >= 15 is 0 Å². The summed E-state index contributed by atoms with van der Waals surface area (Å²) >= 11 is 0. The number of Topliss-reactive ketones (excluding diaryl/α,β-unsaturated/α-hetero) is 1. The van der Waals surface area contributed by atoms with Gasteiger partial charge in [-0.3, -0.25) is 4.79 Å². The van der Waals surface area contributed by atoms with Gasteiger partial charge in [0.05, 0.1) is 4.90 Å². The number of benzene rings is 1. The molecule has 0 amide bonds. The molecule has 1 saturated heterocycles. The Morgan fingerprint density at radius 2 is 1.92 bits per heavy atom. The molecule has 2 atom stereocenters. The second-order valence-electron chi connectivity index (χ2n) is 7.64. The van der Waals surface area contributed by atoms with Crippen LogP contribution in [0.2, 0.25) is 0 Å². The normalized spacial score (nSPS) is 27.6. The summed E-state index contributed by atoms with van der Waals surface area (Å²) in [5.74, 6) is 0.135. The lowest BCUT2D eigenvalue weighted by Gasteiger charge is -2.30. The van der Waals surface area contributed by atoms with Crippen molar-refractivity contribution < 1.29 is 13.2 Å². The highest BCUT2D eigenvalue weighted by molar-refractivity contribution is 7.89. The molecule has 0 unspecified atom stereocenters. The number of carbonyl (C=O) groups is 1. The summed E-state index contributed by atoms with van der Waals surface area (Å²) in [4.78, 5) is 12.2. The minimum atomic E-state index is -3.54. The number of carbonyl (C=O) groups excluding carboxylic acids is 1. The number of hydrogen-bond donors (Lipinski definition) is 0. The monoisotopic (exact) mass is 359 g/mol. The highest BCUT2D eigenvalue weighted by Crippen LogP contribution is 2.48. The SMILES string of the molecule is C=C1CC=C(C(C)=O)C[C@]2(C)CN(S(=O)(=O)c3ccc(C)cc3)C[C@H]12. The Hall–Kier alpha value is -1.72. The van der Waals surface area contributed by atoms with E-state index in [1.165, 1.54) is 0 Å². The number of fused-ring (bicyclic) bond motifs is 1. The second-order valence-corrected chi connectivity index (χ2v) is 9.58. The molecule has 1 aromatic carbocycles. The van der Waals surface area contributed by atoms with Gasteiger partial charge in [-0.1, -0.05) is 42.8 Å². The van der Waals surface area contributed by atoms with Gasteiger partial charge in [0.2, 0.25) is 10.0 Å². The number of rotatable bonds is 3. The van der Waals surface area contributed by atoms with Gasteiger partial charge in [0.25, 0.3) is 0 Å². The first-order chi connectivity index (χ1) is 11.6. The molecule has 0 radical (unpaired) electrons. The highest BCUT2D eigenvalue weighted by Gasteiger charge is 2.49. The van der Waals surface area contributed by atoms with Gasteiger partial charge in [-0.05, 0) is 49.8 Å². The molecule has 1 aliphatic carbocycles. The molecule has 0 aromatic heterocycles. The van der Waals surface area contributed by atoms with Crippen LogP contribution in [0.15, 0.2) is 53.0 Å². The Bertz CT molecular complexity index is 851. The molecule has 1 heterocycles. The van der Waals surface area contributed by atoms with Crippen LogP contribution in [-0.2, 0) is 14.8 Å². The van der Waals surface area contributed by atoms with Crippen molar-refractivity contribution >= 4 is 15.8 Å². The average Bonchev–Trinajstić information content (AvgIpc) is 2.84. The smallest absolute Gasteiger partial charge is 0.243 e. The fourth-order valence-electron chi connectivity index (χ4n) is 4.02. The standard InChI is InChI=1S/C20H25NO3S/c1-14-5-9-18(10-6-14)25(23,24)21-12-19-15(2)7-8-17(16(3)22)11-20(19,4)13-21/h5-6,8-10,19H,2,7,11-13H2,1,3-4H3/t19-,20-/m1/s1. The van der Waals surface area contributed by atoms with Crippen LogP contribution in [0, 0.1) is 18.3 Å². The molecular formula is C20H25NO3S. The zero-order valence-corrected chi connectivity index (χ0v) is 15.9. The van der Waals surface area contributed by atoms with Crippen molar-refractivity contribution in [3.8, 4) is 0 Å². The molecule has 2 aliphatic rings. The van der Waals surface area contributed by atoms with E-state index in [0.29, 0.717) is 30.8 Å². The Labute approximate surface area is 150 Å². The Kier molecular flexibility index (Phi) is 4.50. The van der Waals surface area contributed by atoms with Crippen molar-refractivity contribution in [3.63, 3.8) is 0 Å². The molecular weight excluding hydrogens is 334 g/mol. The lowest BCUT2D eigenvalue weighted by molar-refractivity contribution is -0.114. The Morgan fingerprint density at radius 3 is 2.52 bits per heavy atom. The number of aryl methyl sites for hydroxylation is 1. The highest BCUT2D eigenvalue weighted by atomic mass is 32.2. The number of sulfonamides is 1.